The molecular formula is C12H27N3. The van der Waals surface area contributed by atoms with E-state index in [0.717, 1.165) is 13.0 Å². The van der Waals surface area contributed by atoms with Crippen molar-refractivity contribution in [3.05, 3.63) is 0 Å². The van der Waals surface area contributed by atoms with Crippen LogP contribution in [0.25, 0.3) is 0 Å². The predicted octanol–water partition coefficient (Wildman–Crippen LogP) is 1.14. The Kier molecular flexibility index (Phi) is 5.58. The first kappa shape index (κ1) is 12.9. The lowest BCUT2D eigenvalue weighted by Crippen LogP contribution is -2.45. The summed E-state index contributed by atoms with van der Waals surface area (Å²) in [7, 11) is 2.23. The minimum atomic E-state index is 0.349. The van der Waals surface area contributed by atoms with Crippen LogP contribution in [-0.2, 0) is 0 Å². The first-order chi connectivity index (χ1) is 7.17. The number of hydrogen-bond donors (Lipinski definition) is 1. The molecule has 3 heteroatoms. The van der Waals surface area contributed by atoms with Crippen LogP contribution in [0.5, 0.6) is 0 Å². The van der Waals surface area contributed by atoms with Crippen LogP contribution in [0.3, 0.4) is 0 Å². The van der Waals surface area contributed by atoms with Crippen LogP contribution in [0.1, 0.15) is 33.1 Å². The minimum absolute atomic E-state index is 0.349. The van der Waals surface area contributed by atoms with Crippen molar-refractivity contribution in [3.8, 4) is 0 Å². The molecule has 2 atom stereocenters. The Bertz CT molecular complexity index is 172. The standard InChI is InChI=1S/C12H27N3/c1-4-11(13)9-15-8-6-7-14(3)10-12(15)5-2/h11-12H,4-10,13H2,1-3H3. The van der Waals surface area contributed by atoms with Crippen LogP contribution in [0, 0.1) is 0 Å². The lowest BCUT2D eigenvalue weighted by molar-refractivity contribution is 0.173. The molecular weight excluding hydrogens is 186 g/mol. The van der Waals surface area contributed by atoms with Gasteiger partial charge >= 0.3 is 0 Å². The Balaban J connectivity index is 2.51. The zero-order chi connectivity index (χ0) is 11.3. The Morgan fingerprint density at radius 3 is 2.67 bits per heavy atom. The third-order valence-corrected chi connectivity index (χ3v) is 3.49. The summed E-state index contributed by atoms with van der Waals surface area (Å²) in [5.74, 6) is 0. The van der Waals surface area contributed by atoms with Crippen LogP contribution in [0.15, 0.2) is 0 Å². The summed E-state index contributed by atoms with van der Waals surface area (Å²) in [6.45, 7) is 9.19. The molecule has 0 aromatic heterocycles. The highest BCUT2D eigenvalue weighted by molar-refractivity contribution is 4.80. The van der Waals surface area contributed by atoms with E-state index in [1.807, 2.05) is 0 Å². The van der Waals surface area contributed by atoms with Crippen molar-refractivity contribution in [2.24, 2.45) is 5.73 Å². The first-order valence-electron chi connectivity index (χ1n) is 6.35. The van der Waals surface area contributed by atoms with Crippen molar-refractivity contribution in [3.63, 3.8) is 0 Å². The maximum Gasteiger partial charge on any atom is 0.0221 e. The van der Waals surface area contributed by atoms with Gasteiger partial charge in [0.15, 0.2) is 0 Å². The van der Waals surface area contributed by atoms with Gasteiger partial charge in [-0.1, -0.05) is 13.8 Å². The van der Waals surface area contributed by atoms with Gasteiger partial charge in [0.25, 0.3) is 0 Å². The fraction of sp³-hybridized carbons (Fsp3) is 1.00. The summed E-state index contributed by atoms with van der Waals surface area (Å²) in [6, 6.07) is 1.05. The summed E-state index contributed by atoms with van der Waals surface area (Å²) in [5, 5.41) is 0. The molecule has 3 nitrogen and oxygen atoms in total. The molecule has 0 amide bonds. The topological polar surface area (TPSA) is 32.5 Å². The fourth-order valence-electron chi connectivity index (χ4n) is 2.35. The van der Waals surface area contributed by atoms with E-state index in [-0.39, 0.29) is 0 Å². The van der Waals surface area contributed by atoms with Gasteiger partial charge in [-0.15, -0.1) is 0 Å². The average Bonchev–Trinajstić information content (AvgIpc) is 2.40. The second kappa shape index (κ2) is 6.46. The smallest absolute Gasteiger partial charge is 0.0221 e. The highest BCUT2D eigenvalue weighted by Gasteiger charge is 2.22. The molecule has 2 unspecified atom stereocenters. The second-order valence-corrected chi connectivity index (χ2v) is 4.84. The Morgan fingerprint density at radius 2 is 2.07 bits per heavy atom. The summed E-state index contributed by atoms with van der Waals surface area (Å²) in [5.41, 5.74) is 6.05. The van der Waals surface area contributed by atoms with Gasteiger partial charge in [-0.2, -0.15) is 0 Å². The molecule has 0 saturated carbocycles. The molecule has 1 aliphatic heterocycles. The average molecular weight is 213 g/mol. The van der Waals surface area contributed by atoms with Crippen LogP contribution < -0.4 is 5.73 Å². The summed E-state index contributed by atoms with van der Waals surface area (Å²) in [6.07, 6.45) is 3.60. The van der Waals surface area contributed by atoms with Crippen LogP contribution >= 0.6 is 0 Å². The molecule has 2 N–H and O–H groups in total. The monoisotopic (exact) mass is 213 g/mol. The maximum absolute atomic E-state index is 6.05. The van der Waals surface area contributed by atoms with E-state index in [9.17, 15) is 0 Å². The quantitative estimate of drug-likeness (QED) is 0.760. The van der Waals surface area contributed by atoms with Gasteiger partial charge in [-0.25, -0.2) is 0 Å². The van der Waals surface area contributed by atoms with Gasteiger partial charge in [-0.3, -0.25) is 4.90 Å². The zero-order valence-corrected chi connectivity index (χ0v) is 10.6. The van der Waals surface area contributed by atoms with E-state index < -0.39 is 0 Å². The SMILES string of the molecule is CCC(N)CN1CCCN(C)CC1CC. The summed E-state index contributed by atoms with van der Waals surface area (Å²) in [4.78, 5) is 5.04. The number of nitrogens with two attached hydrogens (primary N) is 1. The largest absolute Gasteiger partial charge is 0.327 e. The van der Waals surface area contributed by atoms with Crippen molar-refractivity contribution in [1.82, 2.24) is 9.80 Å². The van der Waals surface area contributed by atoms with Crippen molar-refractivity contribution >= 4 is 0 Å². The summed E-state index contributed by atoms with van der Waals surface area (Å²) < 4.78 is 0. The minimum Gasteiger partial charge on any atom is -0.327 e. The van der Waals surface area contributed by atoms with Crippen molar-refractivity contribution < 1.29 is 0 Å². The second-order valence-electron chi connectivity index (χ2n) is 4.84. The van der Waals surface area contributed by atoms with Gasteiger partial charge in [0, 0.05) is 25.2 Å². The Morgan fingerprint density at radius 1 is 1.33 bits per heavy atom. The highest BCUT2D eigenvalue weighted by atomic mass is 15.2. The third-order valence-electron chi connectivity index (χ3n) is 3.49. The molecule has 1 rings (SSSR count). The predicted molar refractivity (Wildman–Crippen MR) is 66.0 cm³/mol. The van der Waals surface area contributed by atoms with Gasteiger partial charge in [0.2, 0.25) is 0 Å². The van der Waals surface area contributed by atoms with Crippen LogP contribution in [0.4, 0.5) is 0 Å². The van der Waals surface area contributed by atoms with Crippen molar-refractivity contribution in [2.45, 2.75) is 45.2 Å². The zero-order valence-electron chi connectivity index (χ0n) is 10.6. The Labute approximate surface area is 94.6 Å². The molecule has 15 heavy (non-hydrogen) atoms. The molecule has 1 heterocycles. The molecule has 0 aromatic carbocycles. The Hall–Kier alpha value is -0.120. The normalized spacial score (nSPS) is 27.6. The van der Waals surface area contributed by atoms with Crippen LogP contribution in [-0.4, -0.2) is 55.1 Å². The molecule has 0 bridgehead atoms. The lowest BCUT2D eigenvalue weighted by atomic mass is 10.1. The number of rotatable bonds is 4. The molecule has 1 fully saturated rings. The highest BCUT2D eigenvalue weighted by Crippen LogP contribution is 2.12. The molecule has 1 saturated heterocycles. The van der Waals surface area contributed by atoms with E-state index >= 15 is 0 Å². The van der Waals surface area contributed by atoms with E-state index in [4.69, 9.17) is 5.73 Å². The first-order valence-corrected chi connectivity index (χ1v) is 6.35. The molecule has 0 radical (unpaired) electrons. The van der Waals surface area contributed by atoms with E-state index in [2.05, 4.69) is 30.7 Å². The van der Waals surface area contributed by atoms with Gasteiger partial charge in [-0.05, 0) is 39.4 Å². The number of hydrogen-bond acceptors (Lipinski definition) is 3. The van der Waals surface area contributed by atoms with E-state index in [0.29, 0.717) is 12.1 Å². The molecule has 0 aromatic rings. The number of nitrogens with zero attached hydrogens (tertiary/aromatic N) is 2. The van der Waals surface area contributed by atoms with Gasteiger partial charge < -0.3 is 10.6 Å². The molecule has 1 aliphatic rings. The summed E-state index contributed by atoms with van der Waals surface area (Å²) >= 11 is 0. The third kappa shape index (κ3) is 4.09. The van der Waals surface area contributed by atoms with Crippen molar-refractivity contribution in [2.75, 3.05) is 33.2 Å². The fourth-order valence-corrected chi connectivity index (χ4v) is 2.35. The van der Waals surface area contributed by atoms with E-state index in [1.165, 1.54) is 32.5 Å². The van der Waals surface area contributed by atoms with Gasteiger partial charge in [0.1, 0.15) is 0 Å². The molecule has 0 spiro atoms. The molecule has 0 aliphatic carbocycles. The van der Waals surface area contributed by atoms with Crippen molar-refractivity contribution in [1.29, 1.82) is 0 Å². The number of likely N-dealkylation sites (N-methyl/N-ethyl adjacent to an activating group) is 1. The van der Waals surface area contributed by atoms with E-state index in [1.54, 1.807) is 0 Å². The van der Waals surface area contributed by atoms with Crippen LogP contribution in [0.2, 0.25) is 0 Å². The van der Waals surface area contributed by atoms with Gasteiger partial charge in [0.05, 0.1) is 0 Å². The lowest BCUT2D eigenvalue weighted by Gasteiger charge is -2.31. The maximum atomic E-state index is 6.05. The molecule has 90 valence electrons.